The second-order valence-corrected chi connectivity index (χ2v) is 6.18. The van der Waals surface area contributed by atoms with Crippen LogP contribution in [0, 0.1) is 0 Å². The van der Waals surface area contributed by atoms with Crippen LogP contribution in [0.2, 0.25) is 0 Å². The Hall–Kier alpha value is -2.08. The molecule has 1 unspecified atom stereocenters. The van der Waals surface area contributed by atoms with Gasteiger partial charge in [-0.15, -0.1) is 0 Å². The molecule has 1 atom stereocenters. The van der Waals surface area contributed by atoms with E-state index < -0.39 is 11.6 Å². The highest BCUT2D eigenvalue weighted by molar-refractivity contribution is 5.90. The number of rotatable bonds is 6. The first-order valence-corrected chi connectivity index (χ1v) is 8.41. The highest BCUT2D eigenvalue weighted by atomic mass is 16.6. The summed E-state index contributed by atoms with van der Waals surface area (Å²) in [5, 5.41) is 9.13. The molecule has 1 aliphatic rings. The molecule has 0 aromatic heterocycles. The van der Waals surface area contributed by atoms with Gasteiger partial charge in [0.05, 0.1) is 6.61 Å². The van der Waals surface area contributed by atoms with Gasteiger partial charge in [0.15, 0.2) is 0 Å². The van der Waals surface area contributed by atoms with Gasteiger partial charge >= 0.3 is 6.09 Å². The maximum absolute atomic E-state index is 12.8. The summed E-state index contributed by atoms with van der Waals surface area (Å²) < 4.78 is 5.40. The summed E-state index contributed by atoms with van der Waals surface area (Å²) in [7, 11) is 0. The van der Waals surface area contributed by atoms with Gasteiger partial charge in [0.2, 0.25) is 5.91 Å². The molecule has 2 rings (SSSR count). The number of carbonyl (C=O) groups is 2. The van der Waals surface area contributed by atoms with Crippen molar-refractivity contribution in [3.63, 3.8) is 0 Å². The minimum absolute atomic E-state index is 0.0892. The summed E-state index contributed by atoms with van der Waals surface area (Å²) in [5.41, 5.74) is 0.00687. The molecule has 0 spiro atoms. The van der Waals surface area contributed by atoms with Crippen LogP contribution in [0.1, 0.15) is 32.3 Å². The zero-order chi connectivity index (χ0) is 17.6. The smallest absolute Gasteiger partial charge is 0.410 e. The van der Waals surface area contributed by atoms with Gasteiger partial charge in [0.25, 0.3) is 0 Å². The molecule has 2 amide bonds. The summed E-state index contributed by atoms with van der Waals surface area (Å²) in [5.74, 6) is -0.131. The lowest BCUT2D eigenvalue weighted by atomic mass is 9.97. The van der Waals surface area contributed by atoms with Crippen LogP contribution in [0.4, 0.5) is 4.79 Å². The fraction of sp³-hybridized carbons (Fsp3) is 0.556. The van der Waals surface area contributed by atoms with E-state index in [0.29, 0.717) is 19.5 Å². The molecule has 1 heterocycles. The predicted octanol–water partition coefficient (Wildman–Crippen LogP) is 2.02. The minimum Gasteiger partial charge on any atom is -0.445 e. The number of carbonyl (C=O) groups excluding carboxylic acids is 2. The summed E-state index contributed by atoms with van der Waals surface area (Å²) in [6, 6.07) is 9.47. The summed E-state index contributed by atoms with van der Waals surface area (Å²) in [6.45, 7) is 5.03. The maximum atomic E-state index is 12.8. The zero-order valence-electron chi connectivity index (χ0n) is 14.4. The van der Waals surface area contributed by atoms with Gasteiger partial charge in [0, 0.05) is 19.6 Å². The van der Waals surface area contributed by atoms with Crippen molar-refractivity contribution in [2.75, 3.05) is 26.2 Å². The van der Waals surface area contributed by atoms with Crippen molar-refractivity contribution in [1.82, 2.24) is 9.80 Å². The van der Waals surface area contributed by atoms with Crippen LogP contribution in [0.5, 0.6) is 0 Å². The van der Waals surface area contributed by atoms with Crippen LogP contribution in [-0.4, -0.2) is 58.7 Å². The molecule has 24 heavy (non-hydrogen) atoms. The van der Waals surface area contributed by atoms with Gasteiger partial charge < -0.3 is 14.7 Å². The van der Waals surface area contributed by atoms with E-state index in [-0.39, 0.29) is 25.7 Å². The van der Waals surface area contributed by atoms with E-state index in [4.69, 9.17) is 9.84 Å². The first kappa shape index (κ1) is 18.3. The van der Waals surface area contributed by atoms with Crippen LogP contribution >= 0.6 is 0 Å². The number of ether oxygens (including phenoxy) is 1. The number of hydrogen-bond donors (Lipinski definition) is 1. The minimum atomic E-state index is -0.904. The topological polar surface area (TPSA) is 70.1 Å². The van der Waals surface area contributed by atoms with Crippen molar-refractivity contribution in [3.8, 4) is 0 Å². The number of amides is 2. The Bertz CT molecular complexity index is 563. The normalized spacial score (nSPS) is 20.0. The lowest BCUT2D eigenvalue weighted by molar-refractivity contribution is -0.141. The van der Waals surface area contributed by atoms with Crippen molar-refractivity contribution in [3.05, 3.63) is 35.9 Å². The number of nitrogens with zero attached hydrogens (tertiary/aromatic N) is 2. The lowest BCUT2D eigenvalue weighted by Crippen LogP contribution is -2.57. The van der Waals surface area contributed by atoms with Crippen LogP contribution in [-0.2, 0) is 16.1 Å². The van der Waals surface area contributed by atoms with E-state index in [0.717, 1.165) is 12.0 Å². The largest absolute Gasteiger partial charge is 0.445 e. The molecule has 1 aliphatic heterocycles. The van der Waals surface area contributed by atoms with Crippen LogP contribution in [0.15, 0.2) is 30.3 Å². The molecule has 132 valence electrons. The fourth-order valence-electron chi connectivity index (χ4n) is 3.14. The molecular formula is C18H26N2O4. The quantitative estimate of drug-likeness (QED) is 0.864. The number of aliphatic hydroxyl groups is 1. The van der Waals surface area contributed by atoms with Gasteiger partial charge in [-0.1, -0.05) is 30.3 Å². The summed E-state index contributed by atoms with van der Waals surface area (Å²) in [4.78, 5) is 28.4. The SMILES string of the molecule is CCN(CCO)C(=O)C1(C)CCCN1C(=O)OCc1ccccc1. The number of benzene rings is 1. The molecule has 1 aromatic rings. The first-order chi connectivity index (χ1) is 11.5. The molecule has 6 heteroatoms. The molecule has 1 aromatic carbocycles. The van der Waals surface area contributed by atoms with Gasteiger partial charge in [0.1, 0.15) is 12.1 Å². The Morgan fingerprint density at radius 2 is 2.04 bits per heavy atom. The monoisotopic (exact) mass is 334 g/mol. The van der Waals surface area contributed by atoms with Gasteiger partial charge in [-0.05, 0) is 32.3 Å². The van der Waals surface area contributed by atoms with Gasteiger partial charge in [-0.3, -0.25) is 9.69 Å². The molecule has 1 fully saturated rings. The molecule has 0 saturated carbocycles. The van der Waals surface area contributed by atoms with Crippen LogP contribution in [0.3, 0.4) is 0 Å². The molecule has 0 bridgehead atoms. The van der Waals surface area contributed by atoms with Crippen molar-refractivity contribution in [1.29, 1.82) is 0 Å². The average Bonchev–Trinajstić information content (AvgIpc) is 3.01. The number of likely N-dealkylation sites (N-methyl/N-ethyl adjacent to an activating group) is 1. The third-order valence-corrected chi connectivity index (χ3v) is 4.57. The van der Waals surface area contributed by atoms with Gasteiger partial charge in [-0.2, -0.15) is 0 Å². The zero-order valence-corrected chi connectivity index (χ0v) is 14.4. The Labute approximate surface area is 143 Å². The van der Waals surface area contributed by atoms with Crippen molar-refractivity contribution < 1.29 is 19.4 Å². The van der Waals surface area contributed by atoms with E-state index in [9.17, 15) is 9.59 Å². The van der Waals surface area contributed by atoms with E-state index in [1.165, 1.54) is 4.90 Å². The maximum Gasteiger partial charge on any atom is 0.410 e. The molecule has 1 saturated heterocycles. The molecule has 0 aliphatic carbocycles. The van der Waals surface area contributed by atoms with E-state index in [2.05, 4.69) is 0 Å². The van der Waals surface area contributed by atoms with E-state index >= 15 is 0 Å². The van der Waals surface area contributed by atoms with Crippen molar-refractivity contribution >= 4 is 12.0 Å². The summed E-state index contributed by atoms with van der Waals surface area (Å²) >= 11 is 0. The first-order valence-electron chi connectivity index (χ1n) is 8.41. The Morgan fingerprint density at radius 1 is 1.33 bits per heavy atom. The third kappa shape index (κ3) is 3.87. The van der Waals surface area contributed by atoms with Crippen molar-refractivity contribution in [2.24, 2.45) is 0 Å². The molecule has 6 nitrogen and oxygen atoms in total. The Kier molecular flexibility index (Phi) is 6.20. The highest BCUT2D eigenvalue weighted by Crippen LogP contribution is 2.31. The number of hydrogen-bond acceptors (Lipinski definition) is 4. The van der Waals surface area contributed by atoms with Crippen molar-refractivity contribution in [2.45, 2.75) is 38.8 Å². The summed E-state index contributed by atoms with van der Waals surface area (Å²) in [6.07, 6.45) is 0.903. The van der Waals surface area contributed by atoms with Crippen LogP contribution < -0.4 is 0 Å². The fourth-order valence-corrected chi connectivity index (χ4v) is 3.14. The Balaban J connectivity index is 2.05. The van der Waals surface area contributed by atoms with Gasteiger partial charge in [-0.25, -0.2) is 4.79 Å². The molecule has 0 radical (unpaired) electrons. The Morgan fingerprint density at radius 3 is 2.67 bits per heavy atom. The molecule has 1 N–H and O–H groups in total. The molecular weight excluding hydrogens is 308 g/mol. The second-order valence-electron chi connectivity index (χ2n) is 6.18. The third-order valence-electron chi connectivity index (χ3n) is 4.57. The number of aliphatic hydroxyl groups excluding tert-OH is 1. The second kappa shape index (κ2) is 8.15. The van der Waals surface area contributed by atoms with Crippen LogP contribution in [0.25, 0.3) is 0 Å². The highest BCUT2D eigenvalue weighted by Gasteiger charge is 2.48. The predicted molar refractivity (Wildman–Crippen MR) is 90.3 cm³/mol. The van der Waals surface area contributed by atoms with E-state index in [1.54, 1.807) is 11.8 Å². The standard InChI is InChI=1S/C18H26N2O4/c1-3-19(12-13-21)16(22)18(2)10-7-11-20(18)17(23)24-14-15-8-5-4-6-9-15/h4-6,8-9,21H,3,7,10-14H2,1-2H3. The lowest BCUT2D eigenvalue weighted by Gasteiger charge is -2.37. The van der Waals surface area contributed by atoms with E-state index in [1.807, 2.05) is 37.3 Å². The average molecular weight is 334 g/mol. The number of likely N-dealkylation sites (tertiary alicyclic amines) is 1.